The molecule has 0 aliphatic heterocycles. The minimum atomic E-state index is -0.396. The van der Waals surface area contributed by atoms with Crippen molar-refractivity contribution in [2.75, 3.05) is 0 Å². The number of para-hydroxylation sites is 1. The van der Waals surface area contributed by atoms with Gasteiger partial charge in [-0.05, 0) is 49.8 Å². The molecular weight excluding hydrogens is 329 g/mol. The van der Waals surface area contributed by atoms with Crippen LogP contribution in [0.25, 0.3) is 11.8 Å². The van der Waals surface area contributed by atoms with Crippen LogP contribution in [0, 0.1) is 31.0 Å². The predicted molar refractivity (Wildman–Crippen MR) is 97.4 cm³/mol. The predicted octanol–water partition coefficient (Wildman–Crippen LogP) is 4.42. The van der Waals surface area contributed by atoms with Crippen molar-refractivity contribution in [3.63, 3.8) is 0 Å². The Morgan fingerprint density at radius 3 is 2.65 bits per heavy atom. The average molecular weight is 345 g/mol. The van der Waals surface area contributed by atoms with Crippen molar-refractivity contribution in [3.8, 4) is 11.8 Å². The third-order valence-corrected chi connectivity index (χ3v) is 4.13. The second kappa shape index (κ2) is 7.16. The number of nitriles is 1. The monoisotopic (exact) mass is 345 g/mol. The second-order valence-corrected chi connectivity index (χ2v) is 5.86. The molecule has 2 aromatic heterocycles. The lowest BCUT2D eigenvalue weighted by molar-refractivity contribution is 0.103. The van der Waals surface area contributed by atoms with Crippen LogP contribution in [0.15, 0.2) is 60.4 Å². The Morgan fingerprint density at radius 1 is 1.23 bits per heavy atom. The largest absolute Gasteiger partial charge is 0.315 e. The number of hydrogen-bond acceptors (Lipinski definition) is 3. The molecular formula is C21H16FN3O. The van der Waals surface area contributed by atoms with Gasteiger partial charge in [0.1, 0.15) is 17.5 Å². The Kier molecular flexibility index (Phi) is 4.76. The van der Waals surface area contributed by atoms with Crippen LogP contribution >= 0.6 is 0 Å². The molecule has 0 bridgehead atoms. The summed E-state index contributed by atoms with van der Waals surface area (Å²) in [7, 11) is 0. The van der Waals surface area contributed by atoms with Crippen LogP contribution in [0.1, 0.15) is 27.3 Å². The number of ketones is 1. The van der Waals surface area contributed by atoms with Gasteiger partial charge in [0, 0.05) is 29.3 Å². The van der Waals surface area contributed by atoms with Crippen molar-refractivity contribution >= 4 is 11.9 Å². The maximum Gasteiger partial charge on any atom is 0.205 e. The minimum Gasteiger partial charge on any atom is -0.315 e. The van der Waals surface area contributed by atoms with Crippen LogP contribution in [0.5, 0.6) is 0 Å². The van der Waals surface area contributed by atoms with Crippen LogP contribution < -0.4 is 0 Å². The molecule has 1 aromatic carbocycles. The summed E-state index contributed by atoms with van der Waals surface area (Å²) in [5.41, 5.74) is 2.73. The minimum absolute atomic E-state index is 0.00628. The maximum atomic E-state index is 14.2. The highest BCUT2D eigenvalue weighted by atomic mass is 19.1. The van der Waals surface area contributed by atoms with Crippen molar-refractivity contribution in [2.45, 2.75) is 13.8 Å². The number of rotatable bonds is 4. The summed E-state index contributed by atoms with van der Waals surface area (Å²) < 4.78 is 15.9. The number of pyridine rings is 1. The van der Waals surface area contributed by atoms with Crippen LogP contribution in [0.2, 0.25) is 0 Å². The van der Waals surface area contributed by atoms with Gasteiger partial charge in [0.05, 0.1) is 5.69 Å². The van der Waals surface area contributed by atoms with Crippen LogP contribution in [-0.4, -0.2) is 15.3 Å². The number of hydrogen-bond donors (Lipinski definition) is 0. The molecule has 26 heavy (non-hydrogen) atoms. The van der Waals surface area contributed by atoms with Crippen molar-refractivity contribution in [2.24, 2.45) is 0 Å². The number of aromatic nitrogens is 2. The Bertz CT molecular complexity index is 1040. The van der Waals surface area contributed by atoms with E-state index in [1.165, 1.54) is 12.1 Å². The van der Waals surface area contributed by atoms with Gasteiger partial charge in [-0.2, -0.15) is 5.26 Å². The van der Waals surface area contributed by atoms with Crippen LogP contribution in [0.4, 0.5) is 4.39 Å². The number of benzene rings is 1. The van der Waals surface area contributed by atoms with Gasteiger partial charge in [0.2, 0.25) is 5.78 Å². The highest BCUT2D eigenvalue weighted by Gasteiger charge is 2.21. The molecule has 0 atom stereocenters. The van der Waals surface area contributed by atoms with Gasteiger partial charge in [-0.25, -0.2) is 4.39 Å². The molecule has 0 saturated heterocycles. The molecule has 0 saturated carbocycles. The number of halogens is 1. The molecule has 0 N–H and O–H groups in total. The summed E-state index contributed by atoms with van der Waals surface area (Å²) >= 11 is 0. The van der Waals surface area contributed by atoms with Gasteiger partial charge >= 0.3 is 0 Å². The van der Waals surface area contributed by atoms with Gasteiger partial charge in [-0.15, -0.1) is 0 Å². The third-order valence-electron chi connectivity index (χ3n) is 4.13. The zero-order chi connectivity index (χ0) is 18.7. The number of carbonyl (C=O) groups excluding carboxylic acids is 1. The Morgan fingerprint density at radius 2 is 2.00 bits per heavy atom. The molecule has 0 spiro atoms. The van der Waals surface area contributed by atoms with Crippen molar-refractivity contribution in [1.82, 2.24) is 9.55 Å². The van der Waals surface area contributed by atoms with E-state index in [-0.39, 0.29) is 11.4 Å². The molecule has 2 heterocycles. The highest BCUT2D eigenvalue weighted by molar-refractivity contribution is 6.14. The van der Waals surface area contributed by atoms with E-state index in [1.807, 2.05) is 6.07 Å². The summed E-state index contributed by atoms with van der Waals surface area (Å²) in [5, 5.41) is 9.42. The second-order valence-electron chi connectivity index (χ2n) is 5.86. The number of Topliss-reactive ketones (excluding diaryl/α,β-unsaturated/α-hetero) is 1. The molecule has 3 rings (SSSR count). The van der Waals surface area contributed by atoms with Gasteiger partial charge in [0.25, 0.3) is 0 Å². The summed E-state index contributed by atoms with van der Waals surface area (Å²) in [6, 6.07) is 13.5. The van der Waals surface area contributed by atoms with Crippen molar-refractivity contribution in [3.05, 3.63) is 88.8 Å². The molecule has 0 amide bonds. The van der Waals surface area contributed by atoms with E-state index in [9.17, 15) is 14.4 Å². The van der Waals surface area contributed by atoms with Gasteiger partial charge in [0.15, 0.2) is 0 Å². The Labute approximate surface area is 150 Å². The SMILES string of the molecule is Cc1cc(C(=O)C(C#N)=Cc2cccnc2)c(C)n1-c1ccccc1F. The summed E-state index contributed by atoms with van der Waals surface area (Å²) in [5.74, 6) is -0.772. The van der Waals surface area contributed by atoms with Crippen LogP contribution in [0.3, 0.4) is 0 Å². The normalized spacial score (nSPS) is 11.2. The standard InChI is InChI=1S/C21H16FN3O/c1-14-10-18(15(2)25(14)20-8-4-3-7-19(20)22)21(26)17(12-23)11-16-6-5-9-24-13-16/h3-11,13H,1-2H3. The lowest BCUT2D eigenvalue weighted by Crippen LogP contribution is -2.06. The number of allylic oxidation sites excluding steroid dienone is 1. The number of carbonyl (C=O) groups is 1. The Balaban J connectivity index is 2.07. The molecule has 0 unspecified atom stereocenters. The molecule has 5 heteroatoms. The lowest BCUT2D eigenvalue weighted by atomic mass is 10.0. The first-order valence-electron chi connectivity index (χ1n) is 8.03. The first-order chi connectivity index (χ1) is 12.5. The molecule has 3 aromatic rings. The van der Waals surface area contributed by atoms with Gasteiger partial charge < -0.3 is 4.57 Å². The summed E-state index contributed by atoms with van der Waals surface area (Å²) in [4.78, 5) is 16.8. The fourth-order valence-electron chi connectivity index (χ4n) is 2.92. The zero-order valence-electron chi connectivity index (χ0n) is 14.4. The van der Waals surface area contributed by atoms with Crippen molar-refractivity contribution in [1.29, 1.82) is 5.26 Å². The number of nitrogens with zero attached hydrogens (tertiary/aromatic N) is 3. The first-order valence-corrected chi connectivity index (χ1v) is 8.03. The topological polar surface area (TPSA) is 58.7 Å². The van der Waals surface area contributed by atoms with E-state index in [2.05, 4.69) is 4.98 Å². The summed E-state index contributed by atoms with van der Waals surface area (Å²) in [6.45, 7) is 3.54. The maximum absolute atomic E-state index is 14.2. The molecule has 0 radical (unpaired) electrons. The molecule has 4 nitrogen and oxygen atoms in total. The first kappa shape index (κ1) is 17.3. The van der Waals surface area contributed by atoms with E-state index in [1.54, 1.807) is 67.2 Å². The number of aryl methyl sites for hydroxylation is 1. The molecule has 128 valence electrons. The van der Waals surface area contributed by atoms with E-state index < -0.39 is 5.78 Å². The van der Waals surface area contributed by atoms with E-state index in [4.69, 9.17) is 0 Å². The van der Waals surface area contributed by atoms with Crippen molar-refractivity contribution < 1.29 is 9.18 Å². The molecule has 0 aliphatic rings. The fraction of sp³-hybridized carbons (Fsp3) is 0.0952. The van der Waals surface area contributed by atoms with E-state index >= 15 is 0 Å². The zero-order valence-corrected chi connectivity index (χ0v) is 14.4. The quantitative estimate of drug-likeness (QED) is 0.399. The molecule has 0 fully saturated rings. The fourth-order valence-corrected chi connectivity index (χ4v) is 2.92. The lowest BCUT2D eigenvalue weighted by Gasteiger charge is -2.10. The average Bonchev–Trinajstić information content (AvgIpc) is 2.95. The summed E-state index contributed by atoms with van der Waals surface area (Å²) in [6.07, 6.45) is 4.70. The van der Waals surface area contributed by atoms with E-state index in [0.29, 0.717) is 22.5 Å². The molecule has 0 aliphatic carbocycles. The van der Waals surface area contributed by atoms with Gasteiger partial charge in [-0.3, -0.25) is 9.78 Å². The van der Waals surface area contributed by atoms with Crippen LogP contribution in [-0.2, 0) is 0 Å². The van der Waals surface area contributed by atoms with Gasteiger partial charge in [-0.1, -0.05) is 18.2 Å². The Hall–Kier alpha value is -3.52. The smallest absolute Gasteiger partial charge is 0.205 e. The highest BCUT2D eigenvalue weighted by Crippen LogP contribution is 2.25. The van der Waals surface area contributed by atoms with E-state index in [0.717, 1.165) is 5.69 Å². The third kappa shape index (κ3) is 3.17.